The fraction of sp³-hybridized carbons (Fsp3) is 0.300. The maximum Gasteiger partial charge on any atom is 0.336 e. The number of carboxylic acid groups (broad SMARTS) is 1. The molecule has 0 bridgehead atoms. The maximum absolute atomic E-state index is 10.8. The summed E-state index contributed by atoms with van der Waals surface area (Å²) >= 11 is 3.17. The summed E-state index contributed by atoms with van der Waals surface area (Å²) < 4.78 is 0.424. The first-order valence-electron chi connectivity index (χ1n) is 4.61. The van der Waals surface area contributed by atoms with E-state index >= 15 is 0 Å². The average molecular weight is 290 g/mol. The second-order valence-corrected chi connectivity index (χ2v) is 3.98. The van der Waals surface area contributed by atoms with Gasteiger partial charge in [0.15, 0.2) is 0 Å². The second kappa shape index (κ2) is 5.83. The average Bonchev–Trinajstić information content (AvgIpc) is 2.26. The Morgan fingerprint density at radius 3 is 2.75 bits per heavy atom. The van der Waals surface area contributed by atoms with E-state index in [0.29, 0.717) is 10.2 Å². The molecule has 6 heteroatoms. The molecule has 88 valence electrons. The molecule has 0 radical (unpaired) electrons. The molecule has 5 nitrogen and oxygen atoms in total. The highest BCUT2D eigenvalue weighted by molar-refractivity contribution is 9.10. The van der Waals surface area contributed by atoms with Crippen molar-refractivity contribution >= 4 is 27.6 Å². The van der Waals surface area contributed by atoms with Crippen molar-refractivity contribution in [3.05, 3.63) is 28.2 Å². The van der Waals surface area contributed by atoms with Crippen LogP contribution in [0.4, 0.5) is 5.69 Å². The third kappa shape index (κ3) is 3.19. The minimum atomic E-state index is -1.03. The molecule has 0 heterocycles. The highest BCUT2D eigenvalue weighted by Gasteiger charge is 2.11. The van der Waals surface area contributed by atoms with E-state index in [2.05, 4.69) is 21.2 Å². The monoisotopic (exact) mass is 289 g/mol. The Labute approximate surface area is 101 Å². The van der Waals surface area contributed by atoms with Crippen molar-refractivity contribution in [3.63, 3.8) is 0 Å². The molecule has 0 aliphatic carbocycles. The summed E-state index contributed by atoms with van der Waals surface area (Å²) in [5.74, 6) is -1.03. The van der Waals surface area contributed by atoms with Gasteiger partial charge in [0, 0.05) is 12.2 Å². The van der Waals surface area contributed by atoms with Crippen molar-refractivity contribution in [1.82, 2.24) is 0 Å². The quantitative estimate of drug-likeness (QED) is 0.647. The summed E-state index contributed by atoms with van der Waals surface area (Å²) in [6.07, 6.45) is -0.875. The van der Waals surface area contributed by atoms with E-state index in [-0.39, 0.29) is 18.7 Å². The number of carboxylic acids is 1. The number of carbonyl (C=O) groups is 1. The molecular formula is C10H12BrNO4. The third-order valence-electron chi connectivity index (χ3n) is 1.97. The maximum atomic E-state index is 10.8. The molecule has 0 amide bonds. The number of benzene rings is 1. The van der Waals surface area contributed by atoms with Crippen LogP contribution in [0.5, 0.6) is 0 Å². The van der Waals surface area contributed by atoms with Crippen LogP contribution in [0.25, 0.3) is 0 Å². The Morgan fingerprint density at radius 1 is 1.50 bits per heavy atom. The van der Waals surface area contributed by atoms with Crippen molar-refractivity contribution in [3.8, 4) is 0 Å². The summed E-state index contributed by atoms with van der Waals surface area (Å²) in [7, 11) is 0. The van der Waals surface area contributed by atoms with E-state index in [1.54, 1.807) is 12.1 Å². The van der Waals surface area contributed by atoms with E-state index in [4.69, 9.17) is 15.3 Å². The van der Waals surface area contributed by atoms with Gasteiger partial charge < -0.3 is 20.6 Å². The van der Waals surface area contributed by atoms with Crippen LogP contribution in [0.1, 0.15) is 10.4 Å². The van der Waals surface area contributed by atoms with Crippen LogP contribution in [0.3, 0.4) is 0 Å². The summed E-state index contributed by atoms with van der Waals surface area (Å²) in [5, 5.41) is 29.5. The van der Waals surface area contributed by atoms with Gasteiger partial charge in [0.05, 0.1) is 22.7 Å². The Kier molecular flexibility index (Phi) is 4.72. The zero-order valence-corrected chi connectivity index (χ0v) is 9.94. The number of hydrogen-bond acceptors (Lipinski definition) is 4. The lowest BCUT2D eigenvalue weighted by molar-refractivity contribution is 0.0696. The number of hydrogen-bond donors (Lipinski definition) is 4. The fourth-order valence-electron chi connectivity index (χ4n) is 1.13. The lowest BCUT2D eigenvalue weighted by atomic mass is 10.2. The summed E-state index contributed by atoms with van der Waals surface area (Å²) in [5.41, 5.74) is 0.705. The smallest absolute Gasteiger partial charge is 0.336 e. The number of rotatable bonds is 5. The first-order chi connectivity index (χ1) is 7.56. The Morgan fingerprint density at radius 2 is 2.19 bits per heavy atom. The van der Waals surface area contributed by atoms with Crippen LogP contribution in [0.2, 0.25) is 0 Å². The van der Waals surface area contributed by atoms with Gasteiger partial charge >= 0.3 is 5.97 Å². The molecule has 0 fully saturated rings. The van der Waals surface area contributed by atoms with Gasteiger partial charge in [-0.3, -0.25) is 0 Å². The van der Waals surface area contributed by atoms with Crippen LogP contribution in [-0.4, -0.2) is 40.5 Å². The number of nitrogens with one attached hydrogen (secondary N) is 1. The van der Waals surface area contributed by atoms with Crippen LogP contribution >= 0.6 is 15.9 Å². The molecule has 0 aromatic heterocycles. The van der Waals surface area contributed by atoms with Crippen molar-refractivity contribution in [2.24, 2.45) is 0 Å². The Hall–Kier alpha value is -1.11. The van der Waals surface area contributed by atoms with Crippen molar-refractivity contribution < 1.29 is 20.1 Å². The third-order valence-corrected chi connectivity index (χ3v) is 2.82. The molecule has 4 N–H and O–H groups in total. The van der Waals surface area contributed by atoms with Gasteiger partial charge in [-0.2, -0.15) is 0 Å². The van der Waals surface area contributed by atoms with Gasteiger partial charge in [-0.15, -0.1) is 0 Å². The van der Waals surface area contributed by atoms with E-state index in [0.717, 1.165) is 0 Å². The number of halogens is 1. The molecule has 1 aromatic rings. The zero-order chi connectivity index (χ0) is 12.1. The van der Waals surface area contributed by atoms with Crippen molar-refractivity contribution in [1.29, 1.82) is 0 Å². The Bertz CT molecular complexity index is 383. The summed E-state index contributed by atoms with van der Waals surface area (Å²) in [6, 6.07) is 4.75. The fourth-order valence-corrected chi connectivity index (χ4v) is 1.70. The molecule has 16 heavy (non-hydrogen) atoms. The SMILES string of the molecule is O=C(O)c1cccc(NCC(O)CO)c1Br. The van der Waals surface area contributed by atoms with E-state index < -0.39 is 12.1 Å². The second-order valence-electron chi connectivity index (χ2n) is 3.19. The first kappa shape index (κ1) is 13.0. The molecule has 1 aromatic carbocycles. The van der Waals surface area contributed by atoms with Gasteiger partial charge in [-0.05, 0) is 28.1 Å². The lowest BCUT2D eigenvalue weighted by Crippen LogP contribution is -2.23. The van der Waals surface area contributed by atoms with Crippen LogP contribution in [0.15, 0.2) is 22.7 Å². The van der Waals surface area contributed by atoms with Gasteiger partial charge in [-0.25, -0.2) is 4.79 Å². The molecule has 1 unspecified atom stereocenters. The topological polar surface area (TPSA) is 89.8 Å². The molecule has 0 spiro atoms. The summed E-state index contributed by atoms with van der Waals surface area (Å²) in [6.45, 7) is -0.193. The molecular weight excluding hydrogens is 278 g/mol. The lowest BCUT2D eigenvalue weighted by Gasteiger charge is -2.12. The van der Waals surface area contributed by atoms with E-state index in [1.807, 2.05) is 0 Å². The minimum absolute atomic E-state index is 0.142. The molecule has 1 atom stereocenters. The molecule has 0 aliphatic rings. The highest BCUT2D eigenvalue weighted by Crippen LogP contribution is 2.26. The number of anilines is 1. The molecule has 0 saturated carbocycles. The molecule has 0 aliphatic heterocycles. The van der Waals surface area contributed by atoms with Gasteiger partial charge in [0.2, 0.25) is 0 Å². The standard InChI is InChI=1S/C10H12BrNO4/c11-9-7(10(15)16)2-1-3-8(9)12-4-6(14)5-13/h1-3,6,12-14H,4-5H2,(H,15,16). The highest BCUT2D eigenvalue weighted by atomic mass is 79.9. The van der Waals surface area contributed by atoms with Gasteiger partial charge in [0.25, 0.3) is 0 Å². The minimum Gasteiger partial charge on any atom is -0.478 e. The van der Waals surface area contributed by atoms with Crippen LogP contribution < -0.4 is 5.32 Å². The van der Waals surface area contributed by atoms with Crippen LogP contribution in [0, 0.1) is 0 Å². The van der Waals surface area contributed by atoms with Crippen molar-refractivity contribution in [2.45, 2.75) is 6.10 Å². The Balaban J connectivity index is 2.81. The zero-order valence-electron chi connectivity index (χ0n) is 8.35. The predicted octanol–water partition coefficient (Wildman–Crippen LogP) is 0.912. The summed E-state index contributed by atoms with van der Waals surface area (Å²) in [4.78, 5) is 10.8. The number of aliphatic hydroxyl groups excluding tert-OH is 2. The predicted molar refractivity (Wildman–Crippen MR) is 62.7 cm³/mol. The van der Waals surface area contributed by atoms with Gasteiger partial charge in [0.1, 0.15) is 0 Å². The van der Waals surface area contributed by atoms with E-state index in [9.17, 15) is 4.79 Å². The normalized spacial score (nSPS) is 12.2. The number of aliphatic hydroxyl groups is 2. The van der Waals surface area contributed by atoms with Crippen molar-refractivity contribution in [2.75, 3.05) is 18.5 Å². The van der Waals surface area contributed by atoms with Crippen LogP contribution in [-0.2, 0) is 0 Å². The molecule has 1 rings (SSSR count). The number of aromatic carboxylic acids is 1. The van der Waals surface area contributed by atoms with E-state index in [1.165, 1.54) is 6.07 Å². The first-order valence-corrected chi connectivity index (χ1v) is 5.40. The van der Waals surface area contributed by atoms with Gasteiger partial charge in [-0.1, -0.05) is 6.07 Å². The largest absolute Gasteiger partial charge is 0.478 e. The molecule has 0 saturated heterocycles.